The van der Waals surface area contributed by atoms with Gasteiger partial charge in [-0.3, -0.25) is 9.78 Å². The van der Waals surface area contributed by atoms with Gasteiger partial charge in [-0.05, 0) is 0 Å². The van der Waals surface area contributed by atoms with E-state index >= 15 is 0 Å². The van der Waals surface area contributed by atoms with E-state index in [2.05, 4.69) is 15.3 Å². The molecule has 0 fully saturated rings. The molecule has 22 heavy (non-hydrogen) atoms. The van der Waals surface area contributed by atoms with E-state index in [0.29, 0.717) is 5.75 Å². The highest BCUT2D eigenvalue weighted by Gasteiger charge is 2.19. The number of carbonyl (C=O) groups excluding carboxylic acids is 1. The third-order valence-corrected chi connectivity index (χ3v) is 2.80. The normalized spacial score (nSPS) is 9.91. The van der Waals surface area contributed by atoms with Crippen molar-refractivity contribution >= 4 is 17.6 Å². The van der Waals surface area contributed by atoms with E-state index in [4.69, 9.17) is 9.47 Å². The minimum absolute atomic E-state index is 0.0635. The van der Waals surface area contributed by atoms with Crippen molar-refractivity contribution in [3.05, 3.63) is 42.0 Å². The molecule has 114 valence electrons. The maximum absolute atomic E-state index is 12.1. The number of nitrogens with zero attached hydrogens (tertiary/aromatic N) is 2. The smallest absolute Gasteiger partial charge is 0.337 e. The van der Waals surface area contributed by atoms with E-state index in [-0.39, 0.29) is 22.7 Å². The summed E-state index contributed by atoms with van der Waals surface area (Å²) in [5, 5.41) is 11.7. The van der Waals surface area contributed by atoms with Gasteiger partial charge in [-0.15, -0.1) is 0 Å². The number of hydrogen-bond donors (Lipinski definition) is 2. The summed E-state index contributed by atoms with van der Waals surface area (Å²) in [7, 11) is 2.80. The summed E-state index contributed by atoms with van der Waals surface area (Å²) in [6.07, 6.45) is 4.06. The molecule has 0 spiro atoms. The Bertz CT molecular complexity index is 703. The fourth-order valence-corrected chi connectivity index (χ4v) is 1.76. The average molecular weight is 303 g/mol. The zero-order valence-electron chi connectivity index (χ0n) is 11.9. The first-order chi connectivity index (χ1) is 10.6. The standard InChI is InChI=1S/C14H13N3O5/c1-21-11-5-8(14(19)20)9(6-12(11)22-2)17-13(18)10-7-15-3-4-16-10/h3-7H,1-2H3,(H,17,18)(H,19,20). The molecule has 1 aromatic heterocycles. The van der Waals surface area contributed by atoms with Crippen molar-refractivity contribution in [2.45, 2.75) is 0 Å². The van der Waals surface area contributed by atoms with Crippen molar-refractivity contribution in [2.24, 2.45) is 0 Å². The number of carboxylic acid groups (broad SMARTS) is 1. The average Bonchev–Trinajstić information content (AvgIpc) is 2.54. The number of rotatable bonds is 5. The molecule has 0 unspecified atom stereocenters. The fourth-order valence-electron chi connectivity index (χ4n) is 1.76. The molecule has 0 atom stereocenters. The predicted molar refractivity (Wildman–Crippen MR) is 76.5 cm³/mol. The van der Waals surface area contributed by atoms with Crippen LogP contribution in [0, 0.1) is 0 Å². The molecule has 2 aromatic rings. The Morgan fingerprint density at radius 2 is 1.82 bits per heavy atom. The number of aromatic nitrogens is 2. The van der Waals surface area contributed by atoms with Crippen LogP contribution in [0.25, 0.3) is 0 Å². The van der Waals surface area contributed by atoms with Crippen molar-refractivity contribution in [3.63, 3.8) is 0 Å². The number of ether oxygens (including phenoxy) is 2. The Morgan fingerprint density at radius 3 is 2.36 bits per heavy atom. The quantitative estimate of drug-likeness (QED) is 0.859. The molecular formula is C14H13N3O5. The van der Waals surface area contributed by atoms with E-state index in [1.165, 1.54) is 44.9 Å². The van der Waals surface area contributed by atoms with Crippen LogP contribution in [0.2, 0.25) is 0 Å². The number of benzene rings is 1. The molecule has 0 aliphatic heterocycles. The van der Waals surface area contributed by atoms with Gasteiger partial charge in [-0.1, -0.05) is 0 Å². The predicted octanol–water partition coefficient (Wildman–Crippen LogP) is 1.44. The lowest BCUT2D eigenvalue weighted by molar-refractivity contribution is 0.0697. The summed E-state index contributed by atoms with van der Waals surface area (Å²) in [6.45, 7) is 0. The van der Waals surface area contributed by atoms with Gasteiger partial charge in [0.15, 0.2) is 11.5 Å². The van der Waals surface area contributed by atoms with Gasteiger partial charge in [0.1, 0.15) is 5.69 Å². The topological polar surface area (TPSA) is 111 Å². The molecule has 2 N–H and O–H groups in total. The molecule has 0 aliphatic rings. The van der Waals surface area contributed by atoms with Crippen LogP contribution in [0.15, 0.2) is 30.7 Å². The van der Waals surface area contributed by atoms with Gasteiger partial charge in [-0.2, -0.15) is 0 Å². The van der Waals surface area contributed by atoms with Crippen LogP contribution in [0.5, 0.6) is 11.5 Å². The molecule has 0 aliphatic carbocycles. The van der Waals surface area contributed by atoms with Crippen molar-refractivity contribution < 1.29 is 24.2 Å². The third kappa shape index (κ3) is 3.11. The van der Waals surface area contributed by atoms with Crippen LogP contribution >= 0.6 is 0 Å². The van der Waals surface area contributed by atoms with Gasteiger partial charge in [-0.25, -0.2) is 9.78 Å². The number of anilines is 1. The number of aromatic carboxylic acids is 1. The van der Waals surface area contributed by atoms with Crippen molar-refractivity contribution in [2.75, 3.05) is 19.5 Å². The minimum Gasteiger partial charge on any atom is -0.493 e. The number of carboxylic acids is 1. The lowest BCUT2D eigenvalue weighted by atomic mass is 10.1. The molecule has 0 radical (unpaired) electrons. The molecule has 2 rings (SSSR count). The maximum atomic E-state index is 12.1. The molecule has 0 bridgehead atoms. The Labute approximate surface area is 125 Å². The Morgan fingerprint density at radius 1 is 1.14 bits per heavy atom. The maximum Gasteiger partial charge on any atom is 0.337 e. The van der Waals surface area contributed by atoms with Crippen molar-refractivity contribution in [1.29, 1.82) is 0 Å². The van der Waals surface area contributed by atoms with Crippen LogP contribution in [0.3, 0.4) is 0 Å². The van der Waals surface area contributed by atoms with Gasteiger partial charge in [0.05, 0.1) is 31.7 Å². The molecule has 8 nitrogen and oxygen atoms in total. The number of hydrogen-bond acceptors (Lipinski definition) is 6. The van der Waals surface area contributed by atoms with E-state index in [0.717, 1.165) is 0 Å². The zero-order chi connectivity index (χ0) is 16.1. The molecular weight excluding hydrogens is 290 g/mol. The van der Waals surface area contributed by atoms with Gasteiger partial charge < -0.3 is 19.9 Å². The summed E-state index contributed by atoms with van der Waals surface area (Å²) in [4.78, 5) is 31.0. The first kappa shape index (κ1) is 15.2. The number of methoxy groups -OCH3 is 2. The summed E-state index contributed by atoms with van der Waals surface area (Å²) >= 11 is 0. The lowest BCUT2D eigenvalue weighted by Crippen LogP contribution is -2.16. The fraction of sp³-hybridized carbons (Fsp3) is 0.143. The minimum atomic E-state index is -1.21. The number of carbonyl (C=O) groups is 2. The van der Waals surface area contributed by atoms with E-state index in [1.54, 1.807) is 0 Å². The monoisotopic (exact) mass is 303 g/mol. The van der Waals surface area contributed by atoms with Gasteiger partial charge in [0, 0.05) is 24.5 Å². The van der Waals surface area contributed by atoms with Gasteiger partial charge >= 0.3 is 5.97 Å². The highest BCUT2D eigenvalue weighted by atomic mass is 16.5. The van der Waals surface area contributed by atoms with Gasteiger partial charge in [0.2, 0.25) is 0 Å². The third-order valence-electron chi connectivity index (χ3n) is 2.80. The second-order valence-electron chi connectivity index (χ2n) is 4.10. The highest BCUT2D eigenvalue weighted by molar-refractivity contribution is 6.07. The molecule has 1 amide bonds. The summed E-state index contributed by atoms with van der Waals surface area (Å²) < 4.78 is 10.1. The van der Waals surface area contributed by atoms with Crippen LogP contribution < -0.4 is 14.8 Å². The summed E-state index contributed by atoms with van der Waals surface area (Å²) in [5.41, 5.74) is 0.00400. The summed E-state index contributed by atoms with van der Waals surface area (Å²) in [5.74, 6) is -1.25. The Balaban J connectivity index is 2.41. The van der Waals surface area contributed by atoms with E-state index in [1.807, 2.05) is 0 Å². The largest absolute Gasteiger partial charge is 0.493 e. The van der Waals surface area contributed by atoms with E-state index < -0.39 is 11.9 Å². The van der Waals surface area contributed by atoms with E-state index in [9.17, 15) is 14.7 Å². The van der Waals surface area contributed by atoms with Crippen LogP contribution in [-0.2, 0) is 0 Å². The first-order valence-corrected chi connectivity index (χ1v) is 6.13. The zero-order valence-corrected chi connectivity index (χ0v) is 11.9. The van der Waals surface area contributed by atoms with Crippen molar-refractivity contribution in [1.82, 2.24) is 9.97 Å². The SMILES string of the molecule is COc1cc(NC(=O)c2cnccn2)c(C(=O)O)cc1OC. The molecule has 8 heteroatoms. The Kier molecular flexibility index (Phi) is 4.52. The molecule has 0 saturated heterocycles. The van der Waals surface area contributed by atoms with Crippen LogP contribution in [0.1, 0.15) is 20.8 Å². The second-order valence-corrected chi connectivity index (χ2v) is 4.10. The van der Waals surface area contributed by atoms with Crippen LogP contribution in [0.4, 0.5) is 5.69 Å². The summed E-state index contributed by atoms with van der Waals surface area (Å²) in [6, 6.07) is 2.64. The molecule has 0 saturated carbocycles. The Hall–Kier alpha value is -3.16. The lowest BCUT2D eigenvalue weighted by Gasteiger charge is -2.13. The number of amides is 1. The number of nitrogens with one attached hydrogen (secondary N) is 1. The first-order valence-electron chi connectivity index (χ1n) is 6.13. The molecule has 1 heterocycles. The highest BCUT2D eigenvalue weighted by Crippen LogP contribution is 2.33. The van der Waals surface area contributed by atoms with Gasteiger partial charge in [0.25, 0.3) is 5.91 Å². The van der Waals surface area contributed by atoms with Crippen LogP contribution in [-0.4, -0.2) is 41.2 Å². The second kappa shape index (κ2) is 6.53. The molecule has 1 aromatic carbocycles. The van der Waals surface area contributed by atoms with Crippen molar-refractivity contribution in [3.8, 4) is 11.5 Å².